The van der Waals surface area contributed by atoms with E-state index in [-0.39, 0.29) is 0 Å². The van der Waals surface area contributed by atoms with Crippen molar-refractivity contribution in [2.24, 2.45) is 5.92 Å². The van der Waals surface area contributed by atoms with E-state index in [4.69, 9.17) is 9.47 Å². The van der Waals surface area contributed by atoms with Crippen LogP contribution in [0.5, 0.6) is 5.75 Å². The van der Waals surface area contributed by atoms with Crippen LogP contribution in [0.1, 0.15) is 81.2 Å². The first kappa shape index (κ1) is 27.6. The number of carbonyl (C=O) groups is 1. The van der Waals surface area contributed by atoms with Crippen LogP contribution in [0.15, 0.2) is 18.2 Å². The van der Waals surface area contributed by atoms with Gasteiger partial charge in [-0.1, -0.05) is 37.3 Å². The van der Waals surface area contributed by atoms with Gasteiger partial charge < -0.3 is 24.6 Å². The summed E-state index contributed by atoms with van der Waals surface area (Å²) in [5.41, 5.74) is 6.91. The largest absolute Gasteiger partial charge is 0.490 e. The molecule has 0 radical (unpaired) electrons. The van der Waals surface area contributed by atoms with Crippen LogP contribution in [0.2, 0.25) is 0 Å². The Morgan fingerprint density at radius 1 is 1.19 bits per heavy atom. The number of nitrogens with one attached hydrogen (secondary N) is 2. The van der Waals surface area contributed by atoms with E-state index in [9.17, 15) is 9.90 Å². The van der Waals surface area contributed by atoms with Crippen molar-refractivity contribution in [2.75, 3.05) is 28.9 Å². The lowest BCUT2D eigenvalue weighted by Gasteiger charge is -2.30. The molecule has 7 heteroatoms. The first-order valence-corrected chi connectivity index (χ1v) is 14.5. The number of carboxylic acids is 1. The van der Waals surface area contributed by atoms with Crippen LogP contribution >= 0.6 is 11.9 Å². The Hall–Kier alpha value is -2.38. The molecule has 1 atom stereocenters. The van der Waals surface area contributed by atoms with Crippen LogP contribution in [0.3, 0.4) is 0 Å². The molecule has 1 aliphatic heterocycles. The highest BCUT2D eigenvalue weighted by Crippen LogP contribution is 2.45. The number of benzene rings is 2. The molecule has 3 N–H and O–H groups in total. The minimum absolute atomic E-state index is 0.625. The second-order valence-corrected chi connectivity index (χ2v) is 12.2. The maximum atomic E-state index is 12.7. The number of hydrogen-bond acceptors (Lipinski definition) is 6. The maximum Gasteiger partial charge on any atom is 0.337 e. The maximum absolute atomic E-state index is 12.7. The van der Waals surface area contributed by atoms with Crippen molar-refractivity contribution in [3.8, 4) is 16.9 Å². The average Bonchev–Trinajstić information content (AvgIpc) is 2.85. The minimum atomic E-state index is -1.10. The van der Waals surface area contributed by atoms with Crippen molar-refractivity contribution in [2.45, 2.75) is 85.4 Å². The molecule has 0 bridgehead atoms. The molecule has 2 aromatic carbocycles. The summed E-state index contributed by atoms with van der Waals surface area (Å²) in [5, 5.41) is 13.9. The molecule has 0 aromatic heterocycles. The summed E-state index contributed by atoms with van der Waals surface area (Å²) >= 11 is 1.74. The first-order chi connectivity index (χ1) is 17.6. The van der Waals surface area contributed by atoms with Gasteiger partial charge in [0.2, 0.25) is 0 Å². The summed E-state index contributed by atoms with van der Waals surface area (Å²) in [6.07, 6.45) is 5.50. The van der Waals surface area contributed by atoms with Gasteiger partial charge in [0.25, 0.3) is 0 Å². The number of carboxylic acid groups (broad SMARTS) is 1. The first-order valence-electron chi connectivity index (χ1n) is 13.5. The van der Waals surface area contributed by atoms with Gasteiger partial charge in [0, 0.05) is 23.5 Å². The standard InChI is InChI=1S/C30H42N2O4S/c1-18-16-23(32-37-17-21-10-8-7-9-11-21)20(3)26(28(29(33)34)36-30(4,5)6)25(18)22-12-13-24-27(19(22)2)31-14-15-35-24/h12-13,16,21,28,31-32H,7-11,14-15,17H2,1-6H3,(H,33,34). The van der Waals surface area contributed by atoms with E-state index >= 15 is 0 Å². The molecule has 4 rings (SSSR count). The fourth-order valence-electron chi connectivity index (χ4n) is 5.55. The topological polar surface area (TPSA) is 79.8 Å². The zero-order chi connectivity index (χ0) is 26.7. The van der Waals surface area contributed by atoms with Gasteiger partial charge in [-0.3, -0.25) is 0 Å². The van der Waals surface area contributed by atoms with Gasteiger partial charge in [-0.05, 0) is 100 Å². The number of aryl methyl sites for hydroxylation is 1. The second-order valence-electron chi connectivity index (χ2n) is 11.4. The molecule has 1 saturated carbocycles. The predicted octanol–water partition coefficient (Wildman–Crippen LogP) is 7.66. The van der Waals surface area contributed by atoms with Crippen LogP contribution in [-0.2, 0) is 9.53 Å². The zero-order valence-electron chi connectivity index (χ0n) is 23.1. The van der Waals surface area contributed by atoms with Gasteiger partial charge in [0.05, 0.1) is 11.3 Å². The van der Waals surface area contributed by atoms with Crippen LogP contribution in [0.25, 0.3) is 11.1 Å². The van der Waals surface area contributed by atoms with Crippen molar-refractivity contribution in [3.05, 3.63) is 40.5 Å². The van der Waals surface area contributed by atoms with E-state index in [0.29, 0.717) is 12.2 Å². The molecule has 0 saturated heterocycles. The van der Waals surface area contributed by atoms with Gasteiger partial charge in [0.15, 0.2) is 6.10 Å². The van der Waals surface area contributed by atoms with Crippen molar-refractivity contribution >= 4 is 29.3 Å². The summed E-state index contributed by atoms with van der Waals surface area (Å²) in [5.74, 6) is 1.66. The fourth-order valence-corrected chi connectivity index (χ4v) is 6.57. The summed E-state index contributed by atoms with van der Waals surface area (Å²) < 4.78 is 15.6. The third kappa shape index (κ3) is 6.37. The molecular formula is C30H42N2O4S. The number of hydrogen-bond donors (Lipinski definition) is 3. The van der Waals surface area contributed by atoms with Gasteiger partial charge in [-0.15, -0.1) is 0 Å². The summed E-state index contributed by atoms with van der Waals surface area (Å²) in [6, 6.07) is 6.18. The Balaban J connectivity index is 1.79. The van der Waals surface area contributed by atoms with Gasteiger partial charge in [-0.2, -0.15) is 0 Å². The van der Waals surface area contributed by atoms with Crippen molar-refractivity contribution in [1.82, 2.24) is 0 Å². The molecule has 1 fully saturated rings. The lowest BCUT2D eigenvalue weighted by molar-refractivity contribution is -0.160. The molecule has 1 unspecified atom stereocenters. The molecule has 1 heterocycles. The number of anilines is 2. The molecule has 2 aromatic rings. The molecule has 0 amide bonds. The van der Waals surface area contributed by atoms with Gasteiger partial charge >= 0.3 is 5.97 Å². The van der Waals surface area contributed by atoms with E-state index in [0.717, 1.165) is 63.2 Å². The Morgan fingerprint density at radius 3 is 2.59 bits per heavy atom. The zero-order valence-corrected chi connectivity index (χ0v) is 23.9. The van der Waals surface area contributed by atoms with Crippen LogP contribution < -0.4 is 14.8 Å². The van der Waals surface area contributed by atoms with E-state index < -0.39 is 17.7 Å². The average molecular weight is 527 g/mol. The van der Waals surface area contributed by atoms with Crippen molar-refractivity contribution in [3.63, 3.8) is 0 Å². The quantitative estimate of drug-likeness (QED) is 0.305. The highest BCUT2D eigenvalue weighted by molar-refractivity contribution is 8.00. The Kier molecular flexibility index (Phi) is 8.64. The van der Waals surface area contributed by atoms with E-state index in [1.807, 2.05) is 39.8 Å². The lowest BCUT2D eigenvalue weighted by Crippen LogP contribution is -2.28. The van der Waals surface area contributed by atoms with Gasteiger partial charge in [0.1, 0.15) is 12.4 Å². The third-order valence-corrected chi connectivity index (χ3v) is 8.38. The normalized spacial score (nSPS) is 16.9. The van der Waals surface area contributed by atoms with Gasteiger partial charge in [-0.25, -0.2) is 4.79 Å². The Morgan fingerprint density at radius 2 is 1.92 bits per heavy atom. The van der Waals surface area contributed by atoms with Crippen molar-refractivity contribution in [1.29, 1.82) is 0 Å². The van der Waals surface area contributed by atoms with Crippen LogP contribution in [0, 0.1) is 26.7 Å². The Labute approximate surface area is 226 Å². The number of aliphatic carboxylic acids is 1. The van der Waals surface area contributed by atoms with E-state index in [1.54, 1.807) is 11.9 Å². The smallest absolute Gasteiger partial charge is 0.337 e. The molecule has 2 aliphatic rings. The molecule has 202 valence electrons. The van der Waals surface area contributed by atoms with E-state index in [1.165, 1.54) is 32.1 Å². The highest BCUT2D eigenvalue weighted by atomic mass is 32.2. The van der Waals surface area contributed by atoms with Crippen LogP contribution in [-0.4, -0.2) is 35.6 Å². The number of rotatable bonds is 8. The summed E-state index contributed by atoms with van der Waals surface area (Å²) in [4.78, 5) is 12.7. The number of fused-ring (bicyclic) bond motifs is 1. The fraction of sp³-hybridized carbons (Fsp3) is 0.567. The SMILES string of the molecule is Cc1cc(NSCC2CCCCC2)c(C)c(C(OC(C)(C)C)C(=O)O)c1-c1ccc2c(c1C)NCCO2. The highest BCUT2D eigenvalue weighted by Gasteiger charge is 2.33. The monoisotopic (exact) mass is 526 g/mol. The second kappa shape index (κ2) is 11.6. The molecule has 1 aliphatic carbocycles. The predicted molar refractivity (Wildman–Crippen MR) is 154 cm³/mol. The summed E-state index contributed by atoms with van der Waals surface area (Å²) in [6.45, 7) is 13.2. The molecule has 37 heavy (non-hydrogen) atoms. The minimum Gasteiger partial charge on any atom is -0.490 e. The molecule has 0 spiro atoms. The molecule has 6 nitrogen and oxygen atoms in total. The summed E-state index contributed by atoms with van der Waals surface area (Å²) in [7, 11) is 0. The molecular weight excluding hydrogens is 484 g/mol. The Bertz CT molecular complexity index is 1140. The van der Waals surface area contributed by atoms with E-state index in [2.05, 4.69) is 30.0 Å². The third-order valence-electron chi connectivity index (χ3n) is 7.37. The lowest BCUT2D eigenvalue weighted by atomic mass is 9.85. The number of ether oxygens (including phenoxy) is 2. The van der Waals surface area contributed by atoms with Crippen LogP contribution in [0.4, 0.5) is 11.4 Å². The van der Waals surface area contributed by atoms with Crippen molar-refractivity contribution < 1.29 is 19.4 Å².